The highest BCUT2D eigenvalue weighted by atomic mass is 16.5. The predicted octanol–water partition coefficient (Wildman–Crippen LogP) is 0.462. The lowest BCUT2D eigenvalue weighted by atomic mass is 10.1. The Labute approximate surface area is 119 Å². The highest BCUT2D eigenvalue weighted by Crippen LogP contribution is 2.32. The molecular formula is C14H22N4O2. The Hall–Kier alpha value is -1.40. The summed E-state index contributed by atoms with van der Waals surface area (Å²) in [6.07, 6.45) is 6.47. The summed E-state index contributed by atoms with van der Waals surface area (Å²) in [6.45, 7) is 3.20. The van der Waals surface area contributed by atoms with E-state index in [-0.39, 0.29) is 18.1 Å². The number of nitrogens with one attached hydrogen (secondary N) is 1. The van der Waals surface area contributed by atoms with Crippen LogP contribution in [0.4, 0.5) is 0 Å². The number of hydrogen-bond acceptors (Lipinski definition) is 4. The van der Waals surface area contributed by atoms with E-state index in [2.05, 4.69) is 10.4 Å². The number of hydrogen-bond donors (Lipinski definition) is 1. The first-order valence-electron chi connectivity index (χ1n) is 7.34. The molecule has 6 heteroatoms. The van der Waals surface area contributed by atoms with Crippen LogP contribution in [0, 0.1) is 0 Å². The Kier molecular flexibility index (Phi) is 4.03. The van der Waals surface area contributed by atoms with Crippen LogP contribution in [0.2, 0.25) is 0 Å². The maximum Gasteiger partial charge on any atom is 0.225 e. The van der Waals surface area contributed by atoms with E-state index in [1.165, 1.54) is 0 Å². The van der Waals surface area contributed by atoms with Crippen molar-refractivity contribution in [2.24, 2.45) is 7.05 Å². The van der Waals surface area contributed by atoms with Crippen LogP contribution < -0.4 is 5.32 Å². The van der Waals surface area contributed by atoms with Gasteiger partial charge in [0.1, 0.15) is 0 Å². The van der Waals surface area contributed by atoms with Gasteiger partial charge in [-0.15, -0.1) is 0 Å². The number of amides is 1. The molecule has 0 saturated carbocycles. The number of morpholine rings is 1. The number of likely N-dealkylation sites (tertiary alicyclic amines) is 1. The fraction of sp³-hybridized carbons (Fsp3) is 0.714. The third kappa shape index (κ3) is 2.86. The van der Waals surface area contributed by atoms with E-state index in [1.807, 2.05) is 24.3 Å². The number of carbonyl (C=O) groups excluding carboxylic acids is 1. The average molecular weight is 278 g/mol. The fourth-order valence-corrected chi connectivity index (χ4v) is 3.09. The zero-order valence-corrected chi connectivity index (χ0v) is 11.9. The van der Waals surface area contributed by atoms with Gasteiger partial charge in [0.15, 0.2) is 0 Å². The molecule has 0 radical (unpaired) electrons. The van der Waals surface area contributed by atoms with Crippen LogP contribution in [-0.4, -0.2) is 52.9 Å². The maximum atomic E-state index is 12.5. The van der Waals surface area contributed by atoms with Gasteiger partial charge in [0.25, 0.3) is 0 Å². The number of nitrogens with zero attached hydrogens (tertiary/aromatic N) is 3. The third-order valence-electron chi connectivity index (χ3n) is 4.09. The quantitative estimate of drug-likeness (QED) is 0.873. The largest absolute Gasteiger partial charge is 0.375 e. The van der Waals surface area contributed by atoms with Crippen LogP contribution in [0.15, 0.2) is 12.4 Å². The predicted molar refractivity (Wildman–Crippen MR) is 74.1 cm³/mol. The minimum atomic E-state index is 0.0198. The molecule has 3 heterocycles. The summed E-state index contributed by atoms with van der Waals surface area (Å²) in [5.74, 6) is 0.199. The second-order valence-electron chi connectivity index (χ2n) is 5.59. The molecule has 0 aliphatic carbocycles. The van der Waals surface area contributed by atoms with Crippen LogP contribution in [0.25, 0.3) is 0 Å². The normalized spacial score (nSPS) is 26.9. The van der Waals surface area contributed by atoms with Crippen LogP contribution in [-0.2, 0) is 16.6 Å². The van der Waals surface area contributed by atoms with E-state index in [9.17, 15) is 4.79 Å². The van der Waals surface area contributed by atoms with Gasteiger partial charge in [-0.3, -0.25) is 9.48 Å². The molecule has 2 aliphatic rings. The van der Waals surface area contributed by atoms with Gasteiger partial charge in [0.2, 0.25) is 5.91 Å². The van der Waals surface area contributed by atoms with Crippen LogP contribution in [0.5, 0.6) is 0 Å². The lowest BCUT2D eigenvalue weighted by Crippen LogP contribution is -2.42. The van der Waals surface area contributed by atoms with Crippen molar-refractivity contribution in [1.29, 1.82) is 0 Å². The Morgan fingerprint density at radius 1 is 1.60 bits per heavy atom. The summed E-state index contributed by atoms with van der Waals surface area (Å²) in [6, 6.07) is 0.188. The average Bonchev–Trinajstić information content (AvgIpc) is 3.08. The lowest BCUT2D eigenvalue weighted by molar-refractivity contribution is -0.135. The van der Waals surface area contributed by atoms with E-state index in [0.29, 0.717) is 13.0 Å². The molecule has 2 atom stereocenters. The molecule has 6 nitrogen and oxygen atoms in total. The Bertz CT molecular complexity index is 467. The maximum absolute atomic E-state index is 12.5. The van der Waals surface area contributed by atoms with Crippen molar-refractivity contribution in [1.82, 2.24) is 20.0 Å². The first kappa shape index (κ1) is 13.6. The topological polar surface area (TPSA) is 59.4 Å². The molecule has 3 rings (SSSR count). The molecule has 1 aromatic rings. The summed E-state index contributed by atoms with van der Waals surface area (Å²) in [7, 11) is 1.91. The van der Waals surface area contributed by atoms with Crippen molar-refractivity contribution < 1.29 is 9.53 Å². The summed E-state index contributed by atoms with van der Waals surface area (Å²) < 4.78 is 7.42. The van der Waals surface area contributed by atoms with Gasteiger partial charge >= 0.3 is 0 Å². The number of rotatable bonds is 3. The SMILES string of the molecule is Cn1cc(C2CCCN2C(=O)CC2CNCCO2)cn1. The van der Waals surface area contributed by atoms with Gasteiger partial charge in [-0.1, -0.05) is 0 Å². The fourth-order valence-electron chi connectivity index (χ4n) is 3.09. The lowest BCUT2D eigenvalue weighted by Gasteiger charge is -2.28. The van der Waals surface area contributed by atoms with Gasteiger partial charge in [-0.05, 0) is 12.8 Å². The first-order valence-corrected chi connectivity index (χ1v) is 7.34. The monoisotopic (exact) mass is 278 g/mol. The van der Waals surface area contributed by atoms with E-state index in [0.717, 1.165) is 38.0 Å². The van der Waals surface area contributed by atoms with E-state index in [4.69, 9.17) is 4.74 Å². The molecule has 2 fully saturated rings. The molecule has 110 valence electrons. The zero-order chi connectivity index (χ0) is 13.9. The van der Waals surface area contributed by atoms with Crippen molar-refractivity contribution >= 4 is 5.91 Å². The van der Waals surface area contributed by atoms with Crippen LogP contribution in [0.1, 0.15) is 30.9 Å². The van der Waals surface area contributed by atoms with Crippen molar-refractivity contribution in [3.05, 3.63) is 18.0 Å². The molecular weight excluding hydrogens is 256 g/mol. The summed E-state index contributed by atoms with van der Waals surface area (Å²) in [4.78, 5) is 14.5. The van der Waals surface area contributed by atoms with Crippen molar-refractivity contribution in [2.45, 2.75) is 31.4 Å². The van der Waals surface area contributed by atoms with Crippen molar-refractivity contribution in [3.63, 3.8) is 0 Å². The molecule has 0 aromatic carbocycles. The molecule has 1 N–H and O–H groups in total. The van der Waals surface area contributed by atoms with Gasteiger partial charge in [-0.25, -0.2) is 0 Å². The summed E-state index contributed by atoms with van der Waals surface area (Å²) in [5.41, 5.74) is 1.14. The number of aromatic nitrogens is 2. The molecule has 2 saturated heterocycles. The Balaban J connectivity index is 1.63. The van der Waals surface area contributed by atoms with Crippen molar-refractivity contribution in [3.8, 4) is 0 Å². The highest BCUT2D eigenvalue weighted by Gasteiger charge is 2.32. The van der Waals surface area contributed by atoms with Gasteiger partial charge in [-0.2, -0.15) is 5.10 Å². The third-order valence-corrected chi connectivity index (χ3v) is 4.09. The summed E-state index contributed by atoms with van der Waals surface area (Å²) >= 11 is 0. The molecule has 0 bridgehead atoms. The molecule has 2 aliphatic heterocycles. The zero-order valence-electron chi connectivity index (χ0n) is 11.9. The molecule has 1 aromatic heterocycles. The number of ether oxygens (including phenoxy) is 1. The minimum absolute atomic E-state index is 0.0198. The van der Waals surface area contributed by atoms with Crippen molar-refractivity contribution in [2.75, 3.05) is 26.2 Å². The smallest absolute Gasteiger partial charge is 0.225 e. The highest BCUT2D eigenvalue weighted by molar-refractivity contribution is 5.77. The van der Waals surface area contributed by atoms with E-state index in [1.54, 1.807) is 4.68 Å². The van der Waals surface area contributed by atoms with Gasteiger partial charge in [0, 0.05) is 38.4 Å². The van der Waals surface area contributed by atoms with Crippen LogP contribution >= 0.6 is 0 Å². The molecule has 0 spiro atoms. The number of carbonyl (C=O) groups is 1. The molecule has 1 amide bonds. The second-order valence-corrected chi connectivity index (χ2v) is 5.59. The Morgan fingerprint density at radius 2 is 2.50 bits per heavy atom. The van der Waals surface area contributed by atoms with E-state index >= 15 is 0 Å². The van der Waals surface area contributed by atoms with Crippen LogP contribution in [0.3, 0.4) is 0 Å². The number of aryl methyl sites for hydroxylation is 1. The second kappa shape index (κ2) is 5.93. The van der Waals surface area contributed by atoms with Gasteiger partial charge in [0.05, 0.1) is 31.4 Å². The Morgan fingerprint density at radius 3 is 3.20 bits per heavy atom. The summed E-state index contributed by atoms with van der Waals surface area (Å²) in [5, 5.41) is 7.48. The molecule has 20 heavy (non-hydrogen) atoms. The first-order chi connectivity index (χ1) is 9.74. The van der Waals surface area contributed by atoms with Gasteiger partial charge < -0.3 is 15.0 Å². The standard InChI is InChI=1S/C14H22N4O2/c1-17-10-11(8-16-17)13-3-2-5-18(13)14(19)7-12-9-15-4-6-20-12/h8,10,12-13,15H,2-7,9H2,1H3. The van der Waals surface area contributed by atoms with E-state index < -0.39 is 0 Å². The molecule has 2 unspecified atom stereocenters. The minimum Gasteiger partial charge on any atom is -0.375 e.